The molecule has 6 heteroatoms. The van der Waals surface area contributed by atoms with Gasteiger partial charge in [0, 0.05) is 43.1 Å². The number of nitrogens with two attached hydrogens (primary N) is 1. The number of aliphatic hydroxyl groups is 1. The summed E-state index contributed by atoms with van der Waals surface area (Å²) in [5.41, 5.74) is 6.96. The molecule has 7 atom stereocenters. The van der Waals surface area contributed by atoms with Gasteiger partial charge in [0.15, 0.2) is 11.5 Å². The lowest BCUT2D eigenvalue weighted by Crippen LogP contribution is -2.81. The maximum atomic E-state index is 11.8. The molecule has 2 aliphatic heterocycles. The minimum Gasteiger partial charge on any atom is -0.493 e. The van der Waals surface area contributed by atoms with Gasteiger partial charge in [0.05, 0.1) is 18.1 Å². The molecule has 4 aliphatic carbocycles. The van der Waals surface area contributed by atoms with Crippen LogP contribution in [0.3, 0.4) is 0 Å². The predicted octanol–water partition coefficient (Wildman–Crippen LogP) is 2.80. The molecule has 0 radical (unpaired) electrons. The van der Waals surface area contributed by atoms with Gasteiger partial charge in [-0.3, -0.25) is 4.90 Å². The van der Waals surface area contributed by atoms with Crippen molar-refractivity contribution in [2.45, 2.75) is 74.7 Å². The molecule has 180 valence electrons. The molecule has 33 heavy (non-hydrogen) atoms. The molecule has 1 saturated heterocycles. The Morgan fingerprint density at radius 1 is 1.30 bits per heavy atom. The highest BCUT2D eigenvalue weighted by Gasteiger charge is 2.80. The van der Waals surface area contributed by atoms with Crippen molar-refractivity contribution in [2.75, 3.05) is 33.9 Å². The zero-order chi connectivity index (χ0) is 23.2. The fourth-order valence-corrected chi connectivity index (χ4v) is 8.90. The number of fused-ring (bicyclic) bond motifs is 1. The zero-order valence-electron chi connectivity index (χ0n) is 20.4. The van der Waals surface area contributed by atoms with E-state index in [2.05, 4.69) is 36.1 Å². The lowest BCUT2D eigenvalue weighted by atomic mass is 9.36. The van der Waals surface area contributed by atoms with Gasteiger partial charge in [-0.15, -0.1) is 0 Å². The quantitative estimate of drug-likeness (QED) is 0.617. The topological polar surface area (TPSA) is 77.2 Å². The van der Waals surface area contributed by atoms with Crippen LogP contribution < -0.4 is 15.2 Å². The van der Waals surface area contributed by atoms with Crippen LogP contribution in [0.4, 0.5) is 0 Å². The standard InChI is InChI=1S/C27H38N2O4/c1-5-8-24(2,30)19-16-25-9-10-27(19,32-4)23-26(25)11-13-29(14-12-28)20(25)15-17-6-7-18(31-3)22(33-23)21(17)26/h6-7,9-10,19-20,23,30H,5,8,11-16,28H2,1-4H3/t19?,20-,23-,24?,25?,26+,27?/m0/s1. The van der Waals surface area contributed by atoms with E-state index in [1.807, 2.05) is 6.92 Å². The molecule has 0 amide bonds. The van der Waals surface area contributed by atoms with E-state index in [1.165, 1.54) is 11.1 Å². The van der Waals surface area contributed by atoms with E-state index in [0.717, 1.165) is 56.7 Å². The van der Waals surface area contributed by atoms with Crippen LogP contribution in [0.15, 0.2) is 24.3 Å². The molecule has 2 spiro atoms. The minimum atomic E-state index is -0.848. The molecule has 1 saturated carbocycles. The number of methoxy groups -OCH3 is 2. The summed E-state index contributed by atoms with van der Waals surface area (Å²) in [6, 6.07) is 4.63. The summed E-state index contributed by atoms with van der Waals surface area (Å²) in [6.07, 6.45) is 9.07. The molecular weight excluding hydrogens is 416 g/mol. The first-order valence-corrected chi connectivity index (χ1v) is 12.6. The van der Waals surface area contributed by atoms with Crippen LogP contribution in [0.1, 0.15) is 50.7 Å². The average molecular weight is 455 g/mol. The first kappa shape index (κ1) is 21.9. The summed E-state index contributed by atoms with van der Waals surface area (Å²) in [7, 11) is 3.52. The molecular formula is C27H38N2O4. The van der Waals surface area contributed by atoms with E-state index in [0.29, 0.717) is 12.6 Å². The molecule has 3 N–H and O–H groups in total. The highest BCUT2D eigenvalue weighted by molar-refractivity contribution is 5.65. The van der Waals surface area contributed by atoms with Crippen LogP contribution in [0, 0.1) is 11.3 Å². The average Bonchev–Trinajstić information content (AvgIpc) is 3.17. The summed E-state index contributed by atoms with van der Waals surface area (Å²) in [5.74, 6) is 1.65. The number of likely N-dealkylation sites (tertiary alicyclic amines) is 1. The van der Waals surface area contributed by atoms with Gasteiger partial charge < -0.3 is 25.1 Å². The van der Waals surface area contributed by atoms with Gasteiger partial charge in [-0.05, 0) is 50.8 Å². The van der Waals surface area contributed by atoms with Crippen molar-refractivity contribution in [3.05, 3.63) is 35.4 Å². The molecule has 4 bridgehead atoms. The monoisotopic (exact) mass is 454 g/mol. The molecule has 0 aromatic heterocycles. The Bertz CT molecular complexity index is 1010. The van der Waals surface area contributed by atoms with Gasteiger partial charge in [0.2, 0.25) is 0 Å². The highest BCUT2D eigenvalue weighted by Crippen LogP contribution is 2.75. The van der Waals surface area contributed by atoms with E-state index in [1.54, 1.807) is 14.2 Å². The number of rotatable bonds is 7. The van der Waals surface area contributed by atoms with Crippen molar-refractivity contribution in [3.63, 3.8) is 0 Å². The Morgan fingerprint density at radius 3 is 2.82 bits per heavy atom. The summed E-state index contributed by atoms with van der Waals surface area (Å²) in [4.78, 5) is 2.61. The molecule has 1 aromatic rings. The smallest absolute Gasteiger partial charge is 0.166 e. The molecule has 4 unspecified atom stereocenters. The maximum Gasteiger partial charge on any atom is 0.166 e. The summed E-state index contributed by atoms with van der Waals surface area (Å²) in [5, 5.41) is 11.8. The van der Waals surface area contributed by atoms with Crippen LogP contribution in [-0.4, -0.2) is 67.2 Å². The second kappa shape index (κ2) is 6.97. The van der Waals surface area contributed by atoms with Crippen molar-refractivity contribution in [1.29, 1.82) is 0 Å². The van der Waals surface area contributed by atoms with E-state index >= 15 is 0 Å². The lowest BCUT2D eigenvalue weighted by molar-refractivity contribution is -0.248. The van der Waals surface area contributed by atoms with Crippen molar-refractivity contribution in [3.8, 4) is 11.5 Å². The third-order valence-corrected chi connectivity index (χ3v) is 10.0. The molecule has 2 heterocycles. The van der Waals surface area contributed by atoms with Gasteiger partial charge in [-0.2, -0.15) is 0 Å². The molecule has 7 rings (SSSR count). The summed E-state index contributed by atoms with van der Waals surface area (Å²) < 4.78 is 19.2. The largest absolute Gasteiger partial charge is 0.493 e. The normalized spacial score (nSPS) is 41.5. The second-order valence-corrected chi connectivity index (χ2v) is 11.2. The van der Waals surface area contributed by atoms with Gasteiger partial charge in [-0.25, -0.2) is 0 Å². The Hall–Kier alpha value is -1.60. The van der Waals surface area contributed by atoms with E-state index < -0.39 is 11.2 Å². The van der Waals surface area contributed by atoms with Crippen molar-refractivity contribution in [2.24, 2.45) is 17.1 Å². The van der Waals surface area contributed by atoms with E-state index in [9.17, 15) is 5.11 Å². The van der Waals surface area contributed by atoms with Crippen molar-refractivity contribution < 1.29 is 19.3 Å². The number of piperidine rings is 1. The fraction of sp³-hybridized carbons (Fsp3) is 0.704. The maximum absolute atomic E-state index is 11.8. The number of nitrogens with zero attached hydrogens (tertiary/aromatic N) is 1. The second-order valence-electron chi connectivity index (χ2n) is 11.2. The SMILES string of the molecule is CCCC(C)(O)C1CC23C=CC1(OC)[C@H]1Oc4c(OC)ccc5c4[C@]12CCN(CCN)[C@H]3C5. The van der Waals surface area contributed by atoms with Gasteiger partial charge in [-0.1, -0.05) is 31.6 Å². The first-order valence-electron chi connectivity index (χ1n) is 12.6. The molecule has 1 aromatic carbocycles. The Labute approximate surface area is 197 Å². The number of benzene rings is 1. The van der Waals surface area contributed by atoms with Crippen LogP contribution >= 0.6 is 0 Å². The fourth-order valence-electron chi connectivity index (χ4n) is 8.90. The van der Waals surface area contributed by atoms with Gasteiger partial charge in [0.1, 0.15) is 11.7 Å². The summed E-state index contributed by atoms with van der Waals surface area (Å²) >= 11 is 0. The molecule has 6 nitrogen and oxygen atoms in total. The molecule has 2 fully saturated rings. The van der Waals surface area contributed by atoms with Crippen molar-refractivity contribution >= 4 is 0 Å². The Balaban J connectivity index is 1.63. The number of hydrogen-bond acceptors (Lipinski definition) is 6. The number of ether oxygens (including phenoxy) is 3. The van der Waals surface area contributed by atoms with E-state index in [4.69, 9.17) is 19.9 Å². The van der Waals surface area contributed by atoms with Crippen LogP contribution in [0.2, 0.25) is 0 Å². The zero-order valence-corrected chi connectivity index (χ0v) is 20.4. The lowest BCUT2D eigenvalue weighted by Gasteiger charge is -2.72. The highest BCUT2D eigenvalue weighted by atomic mass is 16.6. The molecule has 6 aliphatic rings. The van der Waals surface area contributed by atoms with Gasteiger partial charge >= 0.3 is 0 Å². The first-order chi connectivity index (χ1) is 15.8. The van der Waals surface area contributed by atoms with Crippen LogP contribution in [0.25, 0.3) is 0 Å². The minimum absolute atomic E-state index is 0.0553. The number of hydrogen-bond donors (Lipinski definition) is 2. The Morgan fingerprint density at radius 2 is 2.12 bits per heavy atom. The predicted molar refractivity (Wildman–Crippen MR) is 127 cm³/mol. The van der Waals surface area contributed by atoms with Gasteiger partial charge in [0.25, 0.3) is 0 Å². The third kappa shape index (κ3) is 2.34. The van der Waals surface area contributed by atoms with Crippen molar-refractivity contribution in [1.82, 2.24) is 4.90 Å². The van der Waals surface area contributed by atoms with E-state index in [-0.39, 0.29) is 22.9 Å². The van der Waals surface area contributed by atoms with Crippen LogP contribution in [-0.2, 0) is 16.6 Å². The Kier molecular flexibility index (Phi) is 4.63. The van der Waals surface area contributed by atoms with Crippen LogP contribution in [0.5, 0.6) is 11.5 Å². The summed E-state index contributed by atoms with van der Waals surface area (Å²) in [6.45, 7) is 6.70. The third-order valence-electron chi connectivity index (χ3n) is 10.0.